The number of esters is 6. The number of sulfone groups is 1. The molecule has 0 bridgehead atoms. The van der Waals surface area contributed by atoms with Crippen LogP contribution in [0.1, 0.15) is 59.5 Å². The Labute approximate surface area is 234 Å². The molecule has 0 atom stereocenters. The van der Waals surface area contributed by atoms with E-state index < -0.39 is 79.8 Å². The lowest BCUT2D eigenvalue weighted by Crippen LogP contribution is -2.17. The Bertz CT molecular complexity index is 1410. The molecular weight excluding hydrogens is 568 g/mol. The Hall–Kier alpha value is -4.79. The zero-order chi connectivity index (χ0) is 31.1. The molecule has 0 fully saturated rings. The van der Waals surface area contributed by atoms with Gasteiger partial charge in [0, 0.05) is 38.8 Å². The fourth-order valence-electron chi connectivity index (χ4n) is 3.56. The van der Waals surface area contributed by atoms with Crippen molar-refractivity contribution in [3.05, 3.63) is 46.5 Å². The number of hydrogen-bond donors (Lipinski definition) is 0. The smallest absolute Gasteiger partial charge is 0.341 e. The van der Waals surface area contributed by atoms with Crippen molar-refractivity contribution in [3.63, 3.8) is 0 Å². The molecule has 0 spiro atoms. The van der Waals surface area contributed by atoms with Crippen LogP contribution in [0.25, 0.3) is 0 Å². The van der Waals surface area contributed by atoms with Crippen LogP contribution < -0.4 is 18.9 Å². The minimum absolute atomic E-state index is 0.246. The first-order valence-electron chi connectivity index (χ1n) is 11.5. The monoisotopic (exact) mass is 594 g/mol. The van der Waals surface area contributed by atoms with Crippen LogP contribution in [0, 0.1) is 0 Å². The van der Waals surface area contributed by atoms with E-state index in [-0.39, 0.29) is 22.6 Å². The quantitative estimate of drug-likeness (QED) is 0.287. The van der Waals surface area contributed by atoms with E-state index in [0.29, 0.717) is 0 Å². The van der Waals surface area contributed by atoms with Gasteiger partial charge >= 0.3 is 35.8 Å². The predicted octanol–water partition coefficient (Wildman–Crippen LogP) is 2.08. The summed E-state index contributed by atoms with van der Waals surface area (Å²) in [7, 11) is -2.30. The first-order valence-corrected chi connectivity index (χ1v) is 13.3. The van der Waals surface area contributed by atoms with Gasteiger partial charge in [0.1, 0.15) is 34.1 Å². The largest absolute Gasteiger partial charge is 0.465 e. The molecule has 14 nitrogen and oxygen atoms in total. The van der Waals surface area contributed by atoms with Gasteiger partial charge in [-0.2, -0.15) is 0 Å². The fourth-order valence-corrected chi connectivity index (χ4v) is 5.04. The first-order chi connectivity index (χ1) is 19.1. The maximum absolute atomic E-state index is 13.5. The third-order valence-corrected chi connectivity index (χ3v) is 6.36. The number of ether oxygens (including phenoxy) is 6. The summed E-state index contributed by atoms with van der Waals surface area (Å²) in [6.07, 6.45) is 0. The highest BCUT2D eigenvalue weighted by atomic mass is 32.2. The summed E-state index contributed by atoms with van der Waals surface area (Å²) < 4.78 is 56.6. The van der Waals surface area contributed by atoms with Gasteiger partial charge in [0.15, 0.2) is 9.84 Å². The van der Waals surface area contributed by atoms with Crippen molar-refractivity contribution >= 4 is 45.7 Å². The van der Waals surface area contributed by atoms with Crippen LogP contribution in [0.5, 0.6) is 23.0 Å². The summed E-state index contributed by atoms with van der Waals surface area (Å²) >= 11 is 0. The molecular formula is C26H26O14S. The second-order valence-corrected chi connectivity index (χ2v) is 10.4. The summed E-state index contributed by atoms with van der Waals surface area (Å²) in [4.78, 5) is 71.6. The van der Waals surface area contributed by atoms with E-state index in [4.69, 9.17) is 18.9 Å². The van der Waals surface area contributed by atoms with Crippen LogP contribution in [0.15, 0.2) is 24.3 Å². The maximum atomic E-state index is 13.5. The molecule has 0 radical (unpaired) electrons. The van der Waals surface area contributed by atoms with Gasteiger partial charge in [-0.1, -0.05) is 0 Å². The number of hydrogen-bond acceptors (Lipinski definition) is 14. The highest BCUT2D eigenvalue weighted by molar-refractivity contribution is 7.89. The molecule has 2 aromatic carbocycles. The van der Waals surface area contributed by atoms with Gasteiger partial charge in [-0.15, -0.1) is 0 Å². The zero-order valence-electron chi connectivity index (χ0n) is 22.8. The van der Waals surface area contributed by atoms with Crippen molar-refractivity contribution in [2.45, 2.75) is 39.2 Å². The van der Waals surface area contributed by atoms with Crippen molar-refractivity contribution in [2.24, 2.45) is 0 Å². The summed E-state index contributed by atoms with van der Waals surface area (Å²) in [5.74, 6) is -8.69. The molecule has 0 aromatic heterocycles. The molecule has 41 heavy (non-hydrogen) atoms. The van der Waals surface area contributed by atoms with Gasteiger partial charge in [-0.25, -0.2) is 18.0 Å². The van der Waals surface area contributed by atoms with Crippen LogP contribution in [0.4, 0.5) is 0 Å². The molecule has 0 N–H and O–H groups in total. The van der Waals surface area contributed by atoms with Crippen molar-refractivity contribution in [3.8, 4) is 23.0 Å². The van der Waals surface area contributed by atoms with Gasteiger partial charge in [-0.05, 0) is 24.3 Å². The highest BCUT2D eigenvalue weighted by Crippen LogP contribution is 2.36. The number of carbonyl (C=O) groups is 6. The molecule has 0 aliphatic rings. The average molecular weight is 595 g/mol. The molecule has 0 aliphatic heterocycles. The first kappa shape index (κ1) is 32.4. The second-order valence-electron chi connectivity index (χ2n) is 8.31. The summed E-state index contributed by atoms with van der Waals surface area (Å²) in [5, 5.41) is 0. The Morgan fingerprint density at radius 3 is 1.15 bits per heavy atom. The Morgan fingerprint density at radius 2 is 0.878 bits per heavy atom. The van der Waals surface area contributed by atoms with Crippen LogP contribution in [-0.4, -0.2) is 58.5 Å². The van der Waals surface area contributed by atoms with Crippen LogP contribution >= 0.6 is 0 Å². The Morgan fingerprint density at radius 1 is 0.561 bits per heavy atom. The van der Waals surface area contributed by atoms with Crippen LogP contribution in [-0.2, 0) is 50.0 Å². The normalized spacial score (nSPS) is 10.7. The maximum Gasteiger partial charge on any atom is 0.341 e. The van der Waals surface area contributed by atoms with Gasteiger partial charge in [0.2, 0.25) is 0 Å². The van der Waals surface area contributed by atoms with Crippen molar-refractivity contribution in [1.29, 1.82) is 0 Å². The lowest BCUT2D eigenvalue weighted by Gasteiger charge is -2.17. The summed E-state index contributed by atoms with van der Waals surface area (Å²) in [6.45, 7) is 4.17. The number of benzene rings is 2. The van der Waals surface area contributed by atoms with E-state index in [0.717, 1.165) is 66.2 Å². The molecule has 15 heteroatoms. The number of carbonyl (C=O) groups excluding carboxylic acids is 6. The summed E-state index contributed by atoms with van der Waals surface area (Å²) in [5.41, 5.74) is -1.34. The molecule has 220 valence electrons. The molecule has 0 aliphatic carbocycles. The second kappa shape index (κ2) is 13.5. The van der Waals surface area contributed by atoms with E-state index in [1.807, 2.05) is 0 Å². The minimum Gasteiger partial charge on any atom is -0.465 e. The van der Waals surface area contributed by atoms with Gasteiger partial charge in [0.25, 0.3) is 0 Å². The third-order valence-electron chi connectivity index (χ3n) is 4.85. The minimum atomic E-state index is -4.36. The van der Waals surface area contributed by atoms with E-state index in [1.54, 1.807) is 0 Å². The van der Waals surface area contributed by atoms with Crippen molar-refractivity contribution < 1.29 is 65.6 Å². The molecule has 0 saturated heterocycles. The molecule has 0 unspecified atom stereocenters. The van der Waals surface area contributed by atoms with Crippen LogP contribution in [0.2, 0.25) is 0 Å². The SMILES string of the molecule is COC(=O)c1cc(OC(C)=O)cc(CS(=O)(=O)Cc2cc(OC(C)=O)cc(C(=O)OC)c2OC(C)=O)c1OC(C)=O. The van der Waals surface area contributed by atoms with Gasteiger partial charge < -0.3 is 28.4 Å². The Balaban J connectivity index is 2.75. The van der Waals surface area contributed by atoms with Crippen molar-refractivity contribution in [1.82, 2.24) is 0 Å². The van der Waals surface area contributed by atoms with Gasteiger partial charge in [0.05, 0.1) is 25.7 Å². The predicted molar refractivity (Wildman–Crippen MR) is 137 cm³/mol. The van der Waals surface area contributed by atoms with E-state index in [9.17, 15) is 37.2 Å². The number of methoxy groups -OCH3 is 2. The standard InChI is InChI=1S/C26H26O14S/c1-13(27)37-19-7-17(23(39-15(3)29)21(9-19)25(31)35-5)11-41(33,34)12-18-8-20(38-14(2)28)10-22(26(32)36-6)24(18)40-16(4)30/h7-10H,11-12H2,1-6H3. The topological polar surface area (TPSA) is 192 Å². The zero-order valence-corrected chi connectivity index (χ0v) is 23.7. The van der Waals surface area contributed by atoms with E-state index in [1.165, 1.54) is 0 Å². The molecule has 2 rings (SSSR count). The average Bonchev–Trinajstić information content (AvgIpc) is 2.84. The van der Waals surface area contributed by atoms with Crippen LogP contribution in [0.3, 0.4) is 0 Å². The van der Waals surface area contributed by atoms with E-state index >= 15 is 0 Å². The van der Waals surface area contributed by atoms with Crippen molar-refractivity contribution in [2.75, 3.05) is 14.2 Å². The highest BCUT2D eigenvalue weighted by Gasteiger charge is 2.28. The molecule has 0 saturated carbocycles. The molecule has 0 heterocycles. The number of rotatable bonds is 10. The third kappa shape index (κ3) is 9.13. The lowest BCUT2D eigenvalue weighted by molar-refractivity contribution is -0.133. The fraction of sp³-hybridized carbons (Fsp3) is 0.308. The lowest BCUT2D eigenvalue weighted by atomic mass is 10.1. The molecule has 2 aromatic rings. The molecule has 0 amide bonds. The Kier molecular flexibility index (Phi) is 10.7. The van der Waals surface area contributed by atoms with E-state index in [2.05, 4.69) is 9.47 Å². The van der Waals surface area contributed by atoms with Gasteiger partial charge in [-0.3, -0.25) is 19.2 Å². The summed E-state index contributed by atoms with van der Waals surface area (Å²) in [6, 6.07) is 4.22.